The van der Waals surface area contributed by atoms with Gasteiger partial charge in [-0.05, 0) is 43.2 Å². The zero-order chi connectivity index (χ0) is 18.1. The van der Waals surface area contributed by atoms with Crippen molar-refractivity contribution in [3.05, 3.63) is 59.0 Å². The van der Waals surface area contributed by atoms with Crippen LogP contribution in [0.5, 0.6) is 5.75 Å². The van der Waals surface area contributed by atoms with E-state index in [2.05, 4.69) is 9.97 Å². The lowest BCUT2D eigenvalue weighted by Gasteiger charge is -2.32. The van der Waals surface area contributed by atoms with E-state index in [0.29, 0.717) is 24.1 Å². The quantitative estimate of drug-likeness (QED) is 0.732. The Morgan fingerprint density at radius 1 is 1.04 bits per heavy atom. The number of benzene rings is 2. The molecule has 0 amide bonds. The molecule has 0 radical (unpaired) electrons. The van der Waals surface area contributed by atoms with E-state index < -0.39 is 10.0 Å². The third-order valence-electron chi connectivity index (χ3n) is 4.51. The van der Waals surface area contributed by atoms with Crippen LogP contribution < -0.4 is 10.4 Å². The number of hydrogen-bond donors (Lipinski definition) is 2. The Morgan fingerprint density at radius 2 is 1.81 bits per heavy atom. The van der Waals surface area contributed by atoms with Crippen LogP contribution in [0.15, 0.2) is 58.2 Å². The molecular formula is C18H19N3O4S. The highest BCUT2D eigenvalue weighted by Gasteiger charge is 2.31. The van der Waals surface area contributed by atoms with Gasteiger partial charge in [0.25, 0.3) is 0 Å². The predicted octanol–water partition coefficient (Wildman–Crippen LogP) is 2.09. The van der Waals surface area contributed by atoms with Gasteiger partial charge in [0, 0.05) is 6.54 Å². The molecule has 26 heavy (non-hydrogen) atoms. The third kappa shape index (κ3) is 3.25. The summed E-state index contributed by atoms with van der Waals surface area (Å²) in [5, 5.41) is 0. The number of rotatable bonds is 4. The van der Waals surface area contributed by atoms with E-state index in [-0.39, 0.29) is 16.7 Å². The zero-order valence-corrected chi connectivity index (χ0v) is 14.8. The summed E-state index contributed by atoms with van der Waals surface area (Å²) in [5.74, 6) is 0.739. The zero-order valence-electron chi connectivity index (χ0n) is 14.0. The van der Waals surface area contributed by atoms with Gasteiger partial charge in [-0.15, -0.1) is 0 Å². The Labute approximate surface area is 150 Å². The van der Waals surface area contributed by atoms with Crippen molar-refractivity contribution in [3.8, 4) is 5.75 Å². The fourth-order valence-electron chi connectivity index (χ4n) is 3.23. The van der Waals surface area contributed by atoms with E-state index in [1.807, 2.05) is 30.3 Å². The molecule has 0 aliphatic carbocycles. The summed E-state index contributed by atoms with van der Waals surface area (Å²) < 4.78 is 33.4. The number of aromatic amines is 2. The molecule has 1 atom stereocenters. The van der Waals surface area contributed by atoms with Crippen molar-refractivity contribution in [1.82, 2.24) is 14.3 Å². The van der Waals surface area contributed by atoms with Gasteiger partial charge in [-0.2, -0.15) is 4.31 Å². The average Bonchev–Trinajstić information content (AvgIpc) is 3.02. The van der Waals surface area contributed by atoms with Crippen molar-refractivity contribution in [1.29, 1.82) is 0 Å². The highest BCUT2D eigenvalue weighted by molar-refractivity contribution is 7.89. The van der Waals surface area contributed by atoms with E-state index in [0.717, 1.165) is 18.6 Å². The number of aromatic nitrogens is 2. The first kappa shape index (κ1) is 16.9. The third-order valence-corrected chi connectivity index (χ3v) is 6.37. The molecular weight excluding hydrogens is 354 g/mol. The van der Waals surface area contributed by atoms with Gasteiger partial charge >= 0.3 is 5.69 Å². The molecule has 0 saturated carbocycles. The Balaban J connectivity index is 1.56. The van der Waals surface area contributed by atoms with Crippen LogP contribution in [-0.2, 0) is 10.0 Å². The Bertz CT molecular complexity index is 1070. The van der Waals surface area contributed by atoms with E-state index in [4.69, 9.17) is 4.74 Å². The van der Waals surface area contributed by atoms with Gasteiger partial charge < -0.3 is 14.7 Å². The first-order valence-corrected chi connectivity index (χ1v) is 9.90. The number of ether oxygens (including phenoxy) is 1. The minimum atomic E-state index is -3.65. The summed E-state index contributed by atoms with van der Waals surface area (Å²) in [6.07, 6.45) is 1.36. The molecule has 1 unspecified atom stereocenters. The summed E-state index contributed by atoms with van der Waals surface area (Å²) in [4.78, 5) is 16.8. The van der Waals surface area contributed by atoms with Crippen LogP contribution in [-0.4, -0.2) is 41.9 Å². The van der Waals surface area contributed by atoms with Crippen LogP contribution in [0.25, 0.3) is 11.0 Å². The number of H-pyrrole nitrogens is 2. The first-order valence-electron chi connectivity index (χ1n) is 8.46. The molecule has 1 aromatic heterocycles. The van der Waals surface area contributed by atoms with Gasteiger partial charge in [0.1, 0.15) is 11.9 Å². The fraction of sp³-hybridized carbons (Fsp3) is 0.278. The molecule has 1 saturated heterocycles. The molecule has 7 nitrogen and oxygen atoms in total. The van der Waals surface area contributed by atoms with Crippen molar-refractivity contribution < 1.29 is 13.2 Å². The largest absolute Gasteiger partial charge is 0.489 e. The van der Waals surface area contributed by atoms with Crippen LogP contribution in [0, 0.1) is 0 Å². The molecule has 136 valence electrons. The molecule has 2 N–H and O–H groups in total. The number of hydrogen-bond acceptors (Lipinski definition) is 4. The second-order valence-corrected chi connectivity index (χ2v) is 8.28. The SMILES string of the molecule is O=c1[nH]c2ccc(S(=O)(=O)N3CCCC(Oc4ccccc4)C3)cc2[nH]1. The Kier molecular flexibility index (Phi) is 4.29. The summed E-state index contributed by atoms with van der Waals surface area (Å²) >= 11 is 0. The van der Waals surface area contributed by atoms with Gasteiger partial charge in [-0.1, -0.05) is 18.2 Å². The normalized spacial score (nSPS) is 18.8. The molecule has 1 aliphatic rings. The molecule has 2 aromatic carbocycles. The number of piperidine rings is 1. The molecule has 1 fully saturated rings. The lowest BCUT2D eigenvalue weighted by molar-refractivity contribution is 0.130. The summed E-state index contributed by atoms with van der Waals surface area (Å²) in [7, 11) is -3.65. The van der Waals surface area contributed by atoms with Gasteiger partial charge in [-0.3, -0.25) is 0 Å². The van der Waals surface area contributed by atoms with Crippen molar-refractivity contribution in [2.75, 3.05) is 13.1 Å². The van der Waals surface area contributed by atoms with Crippen LogP contribution >= 0.6 is 0 Å². The predicted molar refractivity (Wildman–Crippen MR) is 97.8 cm³/mol. The number of nitrogens with zero attached hydrogens (tertiary/aromatic N) is 1. The molecule has 3 aromatic rings. The van der Waals surface area contributed by atoms with Gasteiger partial charge in [-0.25, -0.2) is 13.2 Å². The number of nitrogens with one attached hydrogen (secondary N) is 2. The van der Waals surface area contributed by atoms with Crippen LogP contribution in [0.3, 0.4) is 0 Å². The van der Waals surface area contributed by atoms with Gasteiger partial charge in [0.05, 0.1) is 22.5 Å². The van der Waals surface area contributed by atoms with Crippen LogP contribution in [0.1, 0.15) is 12.8 Å². The molecule has 1 aliphatic heterocycles. The van der Waals surface area contributed by atoms with Crippen LogP contribution in [0.4, 0.5) is 0 Å². The molecule has 0 spiro atoms. The number of imidazole rings is 1. The van der Waals surface area contributed by atoms with Crippen molar-refractivity contribution in [3.63, 3.8) is 0 Å². The molecule has 4 rings (SSSR count). The second kappa shape index (κ2) is 6.62. The van der Waals surface area contributed by atoms with E-state index in [1.54, 1.807) is 6.07 Å². The highest BCUT2D eigenvalue weighted by atomic mass is 32.2. The highest BCUT2D eigenvalue weighted by Crippen LogP contribution is 2.25. The lowest BCUT2D eigenvalue weighted by Crippen LogP contribution is -2.44. The van der Waals surface area contributed by atoms with Crippen LogP contribution in [0.2, 0.25) is 0 Å². The summed E-state index contributed by atoms with van der Waals surface area (Å²) in [5.41, 5.74) is 0.701. The minimum absolute atomic E-state index is 0.167. The van der Waals surface area contributed by atoms with Gasteiger partial charge in [0.15, 0.2) is 0 Å². The maximum Gasteiger partial charge on any atom is 0.323 e. The first-order chi connectivity index (χ1) is 12.5. The Hall–Kier alpha value is -2.58. The monoisotopic (exact) mass is 373 g/mol. The summed E-state index contributed by atoms with van der Waals surface area (Å²) in [6, 6.07) is 14.0. The molecule has 0 bridgehead atoms. The van der Waals surface area contributed by atoms with Gasteiger partial charge in [0.2, 0.25) is 10.0 Å². The van der Waals surface area contributed by atoms with E-state index >= 15 is 0 Å². The fourth-order valence-corrected chi connectivity index (χ4v) is 4.77. The van der Waals surface area contributed by atoms with Crippen molar-refractivity contribution in [2.24, 2.45) is 0 Å². The number of para-hydroxylation sites is 1. The smallest absolute Gasteiger partial charge is 0.323 e. The average molecular weight is 373 g/mol. The molecule has 2 heterocycles. The maximum absolute atomic E-state index is 13.0. The topological polar surface area (TPSA) is 95.3 Å². The lowest BCUT2D eigenvalue weighted by atomic mass is 10.1. The summed E-state index contributed by atoms with van der Waals surface area (Å²) in [6.45, 7) is 0.762. The second-order valence-electron chi connectivity index (χ2n) is 6.34. The minimum Gasteiger partial charge on any atom is -0.489 e. The molecule has 8 heteroatoms. The maximum atomic E-state index is 13.0. The van der Waals surface area contributed by atoms with E-state index in [9.17, 15) is 13.2 Å². The van der Waals surface area contributed by atoms with Crippen molar-refractivity contribution >= 4 is 21.1 Å². The van der Waals surface area contributed by atoms with Crippen molar-refractivity contribution in [2.45, 2.75) is 23.8 Å². The Morgan fingerprint density at radius 3 is 2.62 bits per heavy atom. The standard InChI is InChI=1S/C18H19N3O4S/c22-18-19-16-9-8-15(11-17(16)20-18)26(23,24)21-10-4-7-14(12-21)25-13-5-2-1-3-6-13/h1-3,5-6,8-9,11,14H,4,7,10,12H2,(H2,19,20,22). The number of fused-ring (bicyclic) bond motifs is 1. The van der Waals surface area contributed by atoms with E-state index in [1.165, 1.54) is 16.4 Å². The number of sulfonamides is 1.